The van der Waals surface area contributed by atoms with Gasteiger partial charge < -0.3 is 9.32 Å². The van der Waals surface area contributed by atoms with Gasteiger partial charge >= 0.3 is 0 Å². The van der Waals surface area contributed by atoms with Crippen molar-refractivity contribution >= 4 is 60.5 Å². The number of hydrogen-bond donors (Lipinski definition) is 0. The summed E-state index contributed by atoms with van der Waals surface area (Å²) in [5.74, 6) is 0. The lowest BCUT2D eigenvalue weighted by atomic mass is 9.91. The van der Waals surface area contributed by atoms with Gasteiger partial charge in [-0.2, -0.15) is 0 Å². The summed E-state index contributed by atoms with van der Waals surface area (Å²) in [6.07, 6.45) is 0. The fourth-order valence-corrected chi connectivity index (χ4v) is 8.75. The molecule has 0 aliphatic carbocycles. The van der Waals surface area contributed by atoms with Gasteiger partial charge in [0.25, 0.3) is 0 Å². The van der Waals surface area contributed by atoms with E-state index in [0.29, 0.717) is 0 Å². The van der Waals surface area contributed by atoms with Crippen LogP contribution < -0.4 is 4.90 Å². The number of furan rings is 1. The summed E-state index contributed by atoms with van der Waals surface area (Å²) in [6.45, 7) is 0. The normalized spacial score (nSPS) is 11.4. The molecule has 1 heterocycles. The molecule has 0 fully saturated rings. The van der Waals surface area contributed by atoms with Crippen LogP contribution in [0, 0.1) is 0 Å². The molecular weight excluding hydrogens is 703 g/mol. The molecule has 0 radical (unpaired) electrons. The molecule has 0 unspecified atom stereocenters. The fourth-order valence-electron chi connectivity index (χ4n) is 8.75. The SMILES string of the molecule is c1ccc(-c2ccccc2N(c2ccc(-c3cccc4ccccc34)cc2)c2ccccc2-c2cccc3c2oc2ccccc23)c(-c2ccc3ccccc3c2)c1. The number of rotatable bonds is 7. The van der Waals surface area contributed by atoms with E-state index in [1.807, 2.05) is 6.07 Å². The van der Waals surface area contributed by atoms with Crippen LogP contribution in [-0.2, 0) is 0 Å². The first kappa shape index (κ1) is 33.6. The van der Waals surface area contributed by atoms with Crippen LogP contribution in [-0.4, -0.2) is 0 Å². The lowest BCUT2D eigenvalue weighted by molar-refractivity contribution is 0.670. The Hall–Kier alpha value is -7.68. The van der Waals surface area contributed by atoms with Gasteiger partial charge in [-0.1, -0.05) is 188 Å². The molecule has 0 amide bonds. The summed E-state index contributed by atoms with van der Waals surface area (Å²) < 4.78 is 6.65. The average molecular weight is 740 g/mol. The van der Waals surface area contributed by atoms with Gasteiger partial charge in [0.15, 0.2) is 0 Å². The smallest absolute Gasteiger partial charge is 0.143 e. The quantitative estimate of drug-likeness (QED) is 0.162. The van der Waals surface area contributed by atoms with E-state index < -0.39 is 0 Å². The van der Waals surface area contributed by atoms with Crippen LogP contribution in [0.3, 0.4) is 0 Å². The minimum absolute atomic E-state index is 0.886. The molecule has 0 saturated carbocycles. The Balaban J connectivity index is 1.13. The van der Waals surface area contributed by atoms with Crippen LogP contribution in [0.25, 0.3) is 88.0 Å². The molecule has 2 nitrogen and oxygen atoms in total. The third-order valence-corrected chi connectivity index (χ3v) is 11.5. The molecule has 1 aromatic heterocycles. The molecular formula is C56H37NO. The second kappa shape index (κ2) is 14.1. The van der Waals surface area contributed by atoms with E-state index in [0.717, 1.165) is 55.7 Å². The van der Waals surface area contributed by atoms with E-state index in [1.54, 1.807) is 0 Å². The van der Waals surface area contributed by atoms with Gasteiger partial charge in [-0.15, -0.1) is 0 Å². The molecule has 0 atom stereocenters. The predicted octanol–water partition coefficient (Wildman–Crippen LogP) is 16.0. The zero-order chi connectivity index (χ0) is 38.4. The van der Waals surface area contributed by atoms with Crippen molar-refractivity contribution in [1.82, 2.24) is 0 Å². The summed E-state index contributed by atoms with van der Waals surface area (Å²) >= 11 is 0. The monoisotopic (exact) mass is 739 g/mol. The summed E-state index contributed by atoms with van der Waals surface area (Å²) in [6, 6.07) is 80.7. The molecule has 0 aliphatic heterocycles. The largest absolute Gasteiger partial charge is 0.455 e. The van der Waals surface area contributed by atoms with E-state index in [2.05, 4.69) is 223 Å². The van der Waals surface area contributed by atoms with E-state index in [9.17, 15) is 0 Å². The third kappa shape index (κ3) is 5.74. The minimum atomic E-state index is 0.886. The second-order valence-electron chi connectivity index (χ2n) is 14.8. The number of benzene rings is 10. The molecule has 272 valence electrons. The van der Waals surface area contributed by atoms with Crippen molar-refractivity contribution in [2.24, 2.45) is 0 Å². The standard InChI is InChI=1S/C56H37NO/c1-2-17-41-37-42(32-31-38(41)15-1)46-20-5-6-21-47(46)48-22-7-10-28-53(48)57(43-35-33-40(34-36-43)45-25-13-18-39-16-3-4-19-44(39)45)54-29-11-8-23-49(54)51-26-14-27-52-50-24-9-12-30-55(50)58-56(51)52/h1-37H. The van der Waals surface area contributed by atoms with Crippen LogP contribution in [0.1, 0.15) is 0 Å². The first-order valence-corrected chi connectivity index (χ1v) is 19.8. The fraction of sp³-hybridized carbons (Fsp3) is 0. The van der Waals surface area contributed by atoms with Crippen molar-refractivity contribution < 1.29 is 4.42 Å². The van der Waals surface area contributed by atoms with Gasteiger partial charge in [-0.3, -0.25) is 0 Å². The maximum absolute atomic E-state index is 6.65. The summed E-state index contributed by atoms with van der Waals surface area (Å²) in [7, 11) is 0. The van der Waals surface area contributed by atoms with Crippen molar-refractivity contribution in [2.45, 2.75) is 0 Å². The Bertz CT molecular complexity index is 3290. The molecule has 0 bridgehead atoms. The van der Waals surface area contributed by atoms with Gasteiger partial charge in [0.1, 0.15) is 11.2 Å². The van der Waals surface area contributed by atoms with E-state index >= 15 is 0 Å². The van der Waals surface area contributed by atoms with E-state index in [-0.39, 0.29) is 0 Å². The highest BCUT2D eigenvalue weighted by atomic mass is 16.3. The number of fused-ring (bicyclic) bond motifs is 5. The molecule has 0 N–H and O–H groups in total. The molecule has 11 aromatic rings. The van der Waals surface area contributed by atoms with Crippen molar-refractivity contribution in [2.75, 3.05) is 4.90 Å². The molecule has 58 heavy (non-hydrogen) atoms. The van der Waals surface area contributed by atoms with Gasteiger partial charge in [-0.05, 0) is 85.8 Å². The lowest BCUT2D eigenvalue weighted by Gasteiger charge is -2.30. The summed E-state index contributed by atoms with van der Waals surface area (Å²) in [4.78, 5) is 2.43. The number of para-hydroxylation sites is 4. The van der Waals surface area contributed by atoms with Crippen LogP contribution in [0.4, 0.5) is 17.1 Å². The Labute approximate surface area is 337 Å². The number of nitrogens with zero attached hydrogens (tertiary/aromatic N) is 1. The summed E-state index contributed by atoms with van der Waals surface area (Å²) in [5, 5.41) is 7.17. The molecule has 2 heteroatoms. The lowest BCUT2D eigenvalue weighted by Crippen LogP contribution is -2.12. The van der Waals surface area contributed by atoms with Crippen molar-refractivity contribution in [3.63, 3.8) is 0 Å². The number of hydrogen-bond acceptors (Lipinski definition) is 2. The zero-order valence-corrected chi connectivity index (χ0v) is 31.7. The molecule has 11 rings (SSSR count). The Kier molecular flexibility index (Phi) is 8.19. The predicted molar refractivity (Wildman–Crippen MR) is 245 cm³/mol. The molecule has 0 aliphatic rings. The third-order valence-electron chi connectivity index (χ3n) is 11.5. The van der Waals surface area contributed by atoms with Gasteiger partial charge in [0.05, 0.1) is 11.4 Å². The first-order valence-electron chi connectivity index (χ1n) is 19.8. The maximum Gasteiger partial charge on any atom is 0.143 e. The Morgan fingerprint density at radius 1 is 0.293 bits per heavy atom. The Morgan fingerprint density at radius 2 is 0.810 bits per heavy atom. The highest BCUT2D eigenvalue weighted by Gasteiger charge is 2.23. The minimum Gasteiger partial charge on any atom is -0.455 e. The summed E-state index contributed by atoms with van der Waals surface area (Å²) in [5.41, 5.74) is 14.2. The van der Waals surface area contributed by atoms with Crippen molar-refractivity contribution in [1.29, 1.82) is 0 Å². The topological polar surface area (TPSA) is 16.4 Å². The van der Waals surface area contributed by atoms with Crippen LogP contribution in [0.2, 0.25) is 0 Å². The van der Waals surface area contributed by atoms with Crippen LogP contribution >= 0.6 is 0 Å². The van der Waals surface area contributed by atoms with Crippen LogP contribution in [0.15, 0.2) is 229 Å². The second-order valence-corrected chi connectivity index (χ2v) is 14.8. The molecule has 0 spiro atoms. The highest BCUT2D eigenvalue weighted by Crippen LogP contribution is 2.48. The van der Waals surface area contributed by atoms with Crippen LogP contribution in [0.5, 0.6) is 0 Å². The average Bonchev–Trinajstić information content (AvgIpc) is 3.69. The Morgan fingerprint density at radius 3 is 1.60 bits per heavy atom. The highest BCUT2D eigenvalue weighted by molar-refractivity contribution is 6.11. The van der Waals surface area contributed by atoms with Crippen molar-refractivity contribution in [3.05, 3.63) is 224 Å². The molecule has 10 aromatic carbocycles. The van der Waals surface area contributed by atoms with E-state index in [1.165, 1.54) is 49.4 Å². The van der Waals surface area contributed by atoms with Gasteiger partial charge in [0.2, 0.25) is 0 Å². The number of anilines is 3. The first-order chi connectivity index (χ1) is 28.8. The molecule has 0 saturated heterocycles. The van der Waals surface area contributed by atoms with Gasteiger partial charge in [0, 0.05) is 33.2 Å². The van der Waals surface area contributed by atoms with Gasteiger partial charge in [-0.25, -0.2) is 0 Å². The van der Waals surface area contributed by atoms with Crippen molar-refractivity contribution in [3.8, 4) is 44.5 Å². The van der Waals surface area contributed by atoms with E-state index in [4.69, 9.17) is 4.42 Å². The maximum atomic E-state index is 6.65. The zero-order valence-electron chi connectivity index (χ0n) is 31.7.